The molecule has 0 nitrogen and oxygen atoms in total. The molecule has 0 aromatic heterocycles. The normalized spacial score (nSPS) is 28.1. The third-order valence-electron chi connectivity index (χ3n) is 10.8. The first kappa shape index (κ1) is 30.2. The predicted octanol–water partition coefficient (Wildman–Crippen LogP) is 11.9. The summed E-state index contributed by atoms with van der Waals surface area (Å²) in [5.41, 5.74) is 0. The summed E-state index contributed by atoms with van der Waals surface area (Å²) in [6.45, 7) is 14.4. The Morgan fingerprint density at radius 1 is 0.588 bits per heavy atom. The van der Waals surface area contributed by atoms with Gasteiger partial charge in [0.05, 0.1) is 0 Å². The molecule has 0 aromatic carbocycles. The first-order valence-electron chi connectivity index (χ1n) is 16.6. The average Bonchev–Trinajstić information content (AvgIpc) is 3.42. The van der Waals surface area contributed by atoms with Crippen molar-refractivity contribution in [2.45, 2.75) is 170 Å². The second kappa shape index (κ2) is 17.5. The SMILES string of the molecule is CC.CCCCCCCC1CCC(C(C(C)C(C)CC2CCCCC2)C(C)C2CCCC2)CC1. The van der Waals surface area contributed by atoms with Crippen LogP contribution in [0, 0.1) is 47.3 Å². The highest BCUT2D eigenvalue weighted by molar-refractivity contribution is 4.89. The van der Waals surface area contributed by atoms with Crippen molar-refractivity contribution in [3.8, 4) is 0 Å². The fraction of sp³-hybridized carbons (Fsp3) is 1.00. The van der Waals surface area contributed by atoms with Crippen LogP contribution in [0.5, 0.6) is 0 Å². The quantitative estimate of drug-likeness (QED) is 0.233. The van der Waals surface area contributed by atoms with E-state index in [1.54, 1.807) is 25.7 Å². The zero-order valence-electron chi connectivity index (χ0n) is 24.8. The molecule has 3 aliphatic rings. The van der Waals surface area contributed by atoms with Crippen LogP contribution in [0.15, 0.2) is 0 Å². The maximum Gasteiger partial charge on any atom is -0.0329 e. The van der Waals surface area contributed by atoms with Crippen molar-refractivity contribution >= 4 is 0 Å². The largest absolute Gasteiger partial charge is 0.0683 e. The van der Waals surface area contributed by atoms with Gasteiger partial charge in [-0.25, -0.2) is 0 Å². The van der Waals surface area contributed by atoms with Crippen LogP contribution < -0.4 is 0 Å². The lowest BCUT2D eigenvalue weighted by atomic mass is 9.61. The van der Waals surface area contributed by atoms with Crippen LogP contribution in [0.25, 0.3) is 0 Å². The average molecular weight is 475 g/mol. The highest BCUT2D eigenvalue weighted by atomic mass is 14.4. The smallest absolute Gasteiger partial charge is 0.0329 e. The third kappa shape index (κ3) is 9.81. The van der Waals surface area contributed by atoms with Crippen LogP contribution in [0.3, 0.4) is 0 Å². The van der Waals surface area contributed by atoms with Crippen molar-refractivity contribution in [3.05, 3.63) is 0 Å². The molecule has 4 atom stereocenters. The first-order chi connectivity index (χ1) is 16.6. The predicted molar refractivity (Wildman–Crippen MR) is 154 cm³/mol. The van der Waals surface area contributed by atoms with Crippen LogP contribution >= 0.6 is 0 Å². The molecule has 3 saturated carbocycles. The molecule has 0 radical (unpaired) electrons. The van der Waals surface area contributed by atoms with Gasteiger partial charge in [-0.2, -0.15) is 0 Å². The Morgan fingerprint density at radius 3 is 1.79 bits per heavy atom. The molecule has 3 rings (SSSR count). The van der Waals surface area contributed by atoms with Crippen LogP contribution in [0.4, 0.5) is 0 Å². The molecular formula is C34H66. The standard InChI is InChI=1S/C32H60.C2H6/c1-5-6-7-8-10-15-28-20-22-31(23-21-28)32(27(4)30-18-13-14-19-30)26(3)25(2)24-29-16-11-9-12-17-29;1-2/h25-32H,5-24H2,1-4H3;1-2H3. The Balaban J connectivity index is 0.00000199. The van der Waals surface area contributed by atoms with Gasteiger partial charge in [0.2, 0.25) is 0 Å². The number of hydrogen-bond acceptors (Lipinski definition) is 0. The topological polar surface area (TPSA) is 0 Å². The van der Waals surface area contributed by atoms with Gasteiger partial charge in [-0.15, -0.1) is 0 Å². The van der Waals surface area contributed by atoms with Crippen LogP contribution in [0.1, 0.15) is 170 Å². The van der Waals surface area contributed by atoms with Gasteiger partial charge in [0.1, 0.15) is 0 Å². The zero-order chi connectivity index (χ0) is 24.8. The summed E-state index contributed by atoms with van der Waals surface area (Å²) in [7, 11) is 0. The number of hydrogen-bond donors (Lipinski definition) is 0. The summed E-state index contributed by atoms with van der Waals surface area (Å²) in [6, 6.07) is 0. The second-order valence-electron chi connectivity index (χ2n) is 13.0. The van der Waals surface area contributed by atoms with Gasteiger partial charge in [-0.3, -0.25) is 0 Å². The summed E-state index contributed by atoms with van der Waals surface area (Å²) in [6.07, 6.45) is 30.3. The van der Waals surface area contributed by atoms with Gasteiger partial charge >= 0.3 is 0 Å². The van der Waals surface area contributed by atoms with Crippen LogP contribution in [-0.2, 0) is 0 Å². The molecule has 3 aliphatic carbocycles. The molecule has 3 fully saturated rings. The van der Waals surface area contributed by atoms with Crippen LogP contribution in [-0.4, -0.2) is 0 Å². The van der Waals surface area contributed by atoms with E-state index in [1.165, 1.54) is 103 Å². The van der Waals surface area contributed by atoms with Crippen LogP contribution in [0.2, 0.25) is 0 Å². The van der Waals surface area contributed by atoms with Crippen molar-refractivity contribution in [1.82, 2.24) is 0 Å². The molecule has 34 heavy (non-hydrogen) atoms. The van der Waals surface area contributed by atoms with Gasteiger partial charge in [-0.1, -0.05) is 151 Å². The minimum atomic E-state index is 0.933. The van der Waals surface area contributed by atoms with Gasteiger partial charge in [0.15, 0.2) is 0 Å². The van der Waals surface area contributed by atoms with Gasteiger partial charge < -0.3 is 0 Å². The van der Waals surface area contributed by atoms with Crippen molar-refractivity contribution in [2.75, 3.05) is 0 Å². The van der Waals surface area contributed by atoms with Crippen molar-refractivity contribution in [1.29, 1.82) is 0 Å². The lowest BCUT2D eigenvalue weighted by Gasteiger charge is -2.44. The minimum absolute atomic E-state index is 0.933. The highest BCUT2D eigenvalue weighted by Gasteiger charge is 2.39. The van der Waals surface area contributed by atoms with Gasteiger partial charge in [-0.05, 0) is 66.6 Å². The third-order valence-corrected chi connectivity index (χ3v) is 10.8. The highest BCUT2D eigenvalue weighted by Crippen LogP contribution is 2.48. The molecule has 0 heteroatoms. The first-order valence-corrected chi connectivity index (χ1v) is 16.6. The van der Waals surface area contributed by atoms with Gasteiger partial charge in [0.25, 0.3) is 0 Å². The maximum atomic E-state index is 2.70. The Bertz CT molecular complexity index is 460. The molecule has 0 bridgehead atoms. The molecule has 202 valence electrons. The van der Waals surface area contributed by atoms with Crippen molar-refractivity contribution in [2.24, 2.45) is 47.3 Å². The minimum Gasteiger partial charge on any atom is -0.0683 e. The second-order valence-corrected chi connectivity index (χ2v) is 13.0. The van der Waals surface area contributed by atoms with E-state index in [0.29, 0.717) is 0 Å². The lowest BCUT2D eigenvalue weighted by Crippen LogP contribution is -2.36. The molecule has 0 heterocycles. The molecule has 0 aliphatic heterocycles. The van der Waals surface area contributed by atoms with E-state index in [9.17, 15) is 0 Å². The number of unbranched alkanes of at least 4 members (excludes halogenated alkanes) is 4. The van der Waals surface area contributed by atoms with Crippen molar-refractivity contribution < 1.29 is 0 Å². The van der Waals surface area contributed by atoms with E-state index in [-0.39, 0.29) is 0 Å². The summed E-state index contributed by atoms with van der Waals surface area (Å²) < 4.78 is 0. The summed E-state index contributed by atoms with van der Waals surface area (Å²) in [4.78, 5) is 0. The Morgan fingerprint density at radius 2 is 1.18 bits per heavy atom. The monoisotopic (exact) mass is 475 g/mol. The van der Waals surface area contributed by atoms with E-state index in [2.05, 4.69) is 27.7 Å². The molecule has 4 unspecified atom stereocenters. The molecule has 0 N–H and O–H groups in total. The maximum absolute atomic E-state index is 2.70. The van der Waals surface area contributed by atoms with E-state index < -0.39 is 0 Å². The molecule has 0 saturated heterocycles. The fourth-order valence-electron chi connectivity index (χ4n) is 8.58. The van der Waals surface area contributed by atoms with Gasteiger partial charge in [0, 0.05) is 0 Å². The van der Waals surface area contributed by atoms with E-state index in [0.717, 1.165) is 47.3 Å². The zero-order valence-corrected chi connectivity index (χ0v) is 24.8. The Labute approximate surface area is 217 Å². The van der Waals surface area contributed by atoms with E-state index >= 15 is 0 Å². The van der Waals surface area contributed by atoms with E-state index in [4.69, 9.17) is 0 Å². The Hall–Kier alpha value is 0. The molecular weight excluding hydrogens is 408 g/mol. The van der Waals surface area contributed by atoms with E-state index in [1.807, 2.05) is 13.8 Å². The number of rotatable bonds is 13. The molecule has 0 aromatic rings. The fourth-order valence-corrected chi connectivity index (χ4v) is 8.58. The summed E-state index contributed by atoms with van der Waals surface area (Å²) in [5.74, 6) is 8.02. The summed E-state index contributed by atoms with van der Waals surface area (Å²) in [5, 5.41) is 0. The molecule has 0 spiro atoms. The lowest BCUT2D eigenvalue weighted by molar-refractivity contribution is 0.0500. The van der Waals surface area contributed by atoms with Crippen molar-refractivity contribution in [3.63, 3.8) is 0 Å². The molecule has 0 amide bonds. The Kier molecular flexibility index (Phi) is 15.5. The summed E-state index contributed by atoms with van der Waals surface area (Å²) >= 11 is 0.